The van der Waals surface area contributed by atoms with Gasteiger partial charge in [0.1, 0.15) is 5.82 Å². The summed E-state index contributed by atoms with van der Waals surface area (Å²) in [6, 6.07) is 12.4. The number of pyridine rings is 1. The van der Waals surface area contributed by atoms with Crippen molar-refractivity contribution in [2.24, 2.45) is 0 Å². The molecular formula is C23H16ClF3N4O2. The third-order valence-electron chi connectivity index (χ3n) is 5.53. The lowest BCUT2D eigenvalue weighted by Gasteiger charge is -2.30. The van der Waals surface area contributed by atoms with Crippen molar-refractivity contribution in [3.8, 4) is 22.5 Å². The first kappa shape index (κ1) is 21.3. The number of rotatable bonds is 3. The van der Waals surface area contributed by atoms with Crippen molar-refractivity contribution in [3.63, 3.8) is 0 Å². The van der Waals surface area contributed by atoms with E-state index in [1.54, 1.807) is 18.3 Å². The number of hydrogen-bond donors (Lipinski definition) is 1. The number of aromatic nitrogens is 3. The Balaban J connectivity index is 1.45. The molecule has 0 aliphatic carbocycles. The minimum atomic E-state index is -4.37. The minimum absolute atomic E-state index is 0.245. The summed E-state index contributed by atoms with van der Waals surface area (Å²) in [7, 11) is 0. The van der Waals surface area contributed by atoms with Crippen molar-refractivity contribution >= 4 is 23.1 Å². The quantitative estimate of drug-likeness (QED) is 0.405. The first-order chi connectivity index (χ1) is 15.8. The molecule has 0 saturated carbocycles. The number of benzene rings is 2. The molecule has 1 aliphatic rings. The van der Waals surface area contributed by atoms with E-state index in [0.717, 1.165) is 54.2 Å². The van der Waals surface area contributed by atoms with Gasteiger partial charge in [-0.15, -0.1) is 0 Å². The highest BCUT2D eigenvalue weighted by Gasteiger charge is 2.30. The Morgan fingerprint density at radius 1 is 1.06 bits per heavy atom. The van der Waals surface area contributed by atoms with E-state index in [1.807, 2.05) is 17.0 Å². The van der Waals surface area contributed by atoms with Gasteiger partial charge < -0.3 is 4.90 Å². The van der Waals surface area contributed by atoms with Crippen LogP contribution in [0.3, 0.4) is 0 Å². The van der Waals surface area contributed by atoms with Crippen LogP contribution < -0.4 is 10.7 Å². The molecule has 0 atom stereocenters. The van der Waals surface area contributed by atoms with Crippen molar-refractivity contribution in [3.05, 3.63) is 81.4 Å². The van der Waals surface area contributed by atoms with Gasteiger partial charge in [-0.1, -0.05) is 28.9 Å². The molecule has 0 radical (unpaired) electrons. The van der Waals surface area contributed by atoms with Crippen LogP contribution in [0.5, 0.6) is 0 Å². The molecule has 0 unspecified atom stereocenters. The highest BCUT2D eigenvalue weighted by atomic mass is 35.5. The Morgan fingerprint density at radius 2 is 1.85 bits per heavy atom. The van der Waals surface area contributed by atoms with E-state index in [2.05, 4.69) is 19.6 Å². The summed E-state index contributed by atoms with van der Waals surface area (Å²) in [5, 5.41) is 4.06. The van der Waals surface area contributed by atoms with Crippen molar-refractivity contribution in [1.82, 2.24) is 15.1 Å². The zero-order valence-electron chi connectivity index (χ0n) is 17.0. The molecule has 0 bridgehead atoms. The van der Waals surface area contributed by atoms with Gasteiger partial charge in [-0.05, 0) is 60.4 Å². The van der Waals surface area contributed by atoms with Crippen LogP contribution in [0.25, 0.3) is 22.5 Å². The van der Waals surface area contributed by atoms with Gasteiger partial charge in [0.05, 0.1) is 10.6 Å². The Kier molecular flexibility index (Phi) is 5.20. The van der Waals surface area contributed by atoms with Gasteiger partial charge in [-0.25, -0.2) is 9.78 Å². The maximum atomic E-state index is 12.9. The summed E-state index contributed by atoms with van der Waals surface area (Å²) >= 11 is 6.44. The normalized spacial score (nSPS) is 13.8. The van der Waals surface area contributed by atoms with Gasteiger partial charge in [0.2, 0.25) is 0 Å². The monoisotopic (exact) mass is 472 g/mol. The molecule has 10 heteroatoms. The van der Waals surface area contributed by atoms with Gasteiger partial charge in [0, 0.05) is 29.6 Å². The van der Waals surface area contributed by atoms with Gasteiger partial charge in [0.25, 0.3) is 0 Å². The zero-order chi connectivity index (χ0) is 23.2. The van der Waals surface area contributed by atoms with E-state index in [0.29, 0.717) is 16.1 Å². The molecule has 5 rings (SSSR count). The Morgan fingerprint density at radius 3 is 2.52 bits per heavy atom. The first-order valence-electron chi connectivity index (χ1n) is 10.1. The minimum Gasteiger partial charge on any atom is -0.326 e. The second-order valence-corrected chi connectivity index (χ2v) is 8.05. The fourth-order valence-corrected chi connectivity index (χ4v) is 4.20. The summed E-state index contributed by atoms with van der Waals surface area (Å²) in [5.41, 5.74) is 3.11. The van der Waals surface area contributed by atoms with Gasteiger partial charge in [0.15, 0.2) is 5.82 Å². The summed E-state index contributed by atoms with van der Waals surface area (Å²) in [4.78, 5) is 20.4. The summed E-state index contributed by atoms with van der Waals surface area (Å²) in [5.74, 6) is 0.355. The van der Waals surface area contributed by atoms with Gasteiger partial charge in [-0.2, -0.15) is 13.2 Å². The van der Waals surface area contributed by atoms with Crippen LogP contribution in [0.4, 0.5) is 24.7 Å². The molecule has 33 heavy (non-hydrogen) atoms. The molecule has 0 saturated heterocycles. The van der Waals surface area contributed by atoms with Crippen molar-refractivity contribution in [2.45, 2.75) is 19.0 Å². The molecule has 2 aromatic carbocycles. The number of aromatic amines is 1. The molecule has 6 nitrogen and oxygen atoms in total. The van der Waals surface area contributed by atoms with Crippen LogP contribution >= 0.6 is 11.6 Å². The predicted octanol–water partition coefficient (Wildman–Crippen LogP) is 5.85. The molecule has 1 N–H and O–H groups in total. The highest BCUT2D eigenvalue weighted by molar-refractivity contribution is 6.33. The highest BCUT2D eigenvalue weighted by Crippen LogP contribution is 2.37. The lowest BCUT2D eigenvalue weighted by molar-refractivity contribution is -0.137. The maximum Gasteiger partial charge on any atom is 0.439 e. The number of nitrogens with one attached hydrogen (secondary N) is 1. The van der Waals surface area contributed by atoms with Crippen LogP contribution in [0.2, 0.25) is 5.02 Å². The number of hydrogen-bond acceptors (Lipinski definition) is 5. The molecular weight excluding hydrogens is 457 g/mol. The van der Waals surface area contributed by atoms with Crippen molar-refractivity contribution < 1.29 is 17.7 Å². The average Bonchev–Trinajstić information content (AvgIpc) is 3.23. The van der Waals surface area contributed by atoms with Crippen LogP contribution in [-0.2, 0) is 12.6 Å². The number of nitrogens with zero attached hydrogens (tertiary/aromatic N) is 3. The second kappa shape index (κ2) is 8.08. The van der Waals surface area contributed by atoms with Crippen LogP contribution in [0.1, 0.15) is 17.5 Å². The lowest BCUT2D eigenvalue weighted by Crippen LogP contribution is -2.25. The summed E-state index contributed by atoms with van der Waals surface area (Å²) in [6.07, 6.45) is -1.02. The SMILES string of the molecule is O=c1[nH]c(-c2ccc(N3CCCc4cc(-c5ccc(C(F)(F)F)cc5)cnc43)cc2Cl)no1. The second-order valence-electron chi connectivity index (χ2n) is 7.64. The van der Waals surface area contributed by atoms with E-state index in [1.165, 1.54) is 12.1 Å². The third kappa shape index (κ3) is 4.11. The van der Waals surface area contributed by atoms with Crippen LogP contribution in [0, 0.1) is 0 Å². The predicted molar refractivity (Wildman–Crippen MR) is 118 cm³/mol. The topological polar surface area (TPSA) is 75.0 Å². The van der Waals surface area contributed by atoms with Gasteiger partial charge in [-0.3, -0.25) is 9.51 Å². The Hall–Kier alpha value is -3.59. The molecule has 1 aliphatic heterocycles. The zero-order valence-corrected chi connectivity index (χ0v) is 17.7. The maximum absolute atomic E-state index is 12.9. The fraction of sp³-hybridized carbons (Fsp3) is 0.174. The Bertz CT molecular complexity index is 1380. The molecule has 4 aromatic rings. The molecule has 0 fully saturated rings. The van der Waals surface area contributed by atoms with E-state index in [4.69, 9.17) is 11.6 Å². The number of halogens is 4. The Labute approximate surface area is 190 Å². The van der Waals surface area contributed by atoms with Crippen molar-refractivity contribution in [1.29, 1.82) is 0 Å². The number of H-pyrrole nitrogens is 1. The third-order valence-corrected chi connectivity index (χ3v) is 5.84. The van der Waals surface area contributed by atoms with E-state index < -0.39 is 17.5 Å². The van der Waals surface area contributed by atoms with E-state index >= 15 is 0 Å². The van der Waals surface area contributed by atoms with Gasteiger partial charge >= 0.3 is 11.9 Å². The largest absolute Gasteiger partial charge is 0.439 e. The van der Waals surface area contributed by atoms with Crippen LogP contribution in [-0.4, -0.2) is 21.7 Å². The smallest absolute Gasteiger partial charge is 0.326 e. The van der Waals surface area contributed by atoms with Crippen molar-refractivity contribution in [2.75, 3.05) is 11.4 Å². The molecule has 0 amide bonds. The number of alkyl halides is 3. The fourth-order valence-electron chi connectivity index (χ4n) is 3.93. The number of aryl methyl sites for hydroxylation is 1. The summed E-state index contributed by atoms with van der Waals surface area (Å²) < 4.78 is 43.1. The van der Waals surface area contributed by atoms with E-state index in [-0.39, 0.29) is 5.82 Å². The summed E-state index contributed by atoms with van der Waals surface area (Å²) in [6.45, 7) is 0.732. The first-order valence-corrected chi connectivity index (χ1v) is 10.5. The van der Waals surface area contributed by atoms with E-state index in [9.17, 15) is 18.0 Å². The average molecular weight is 473 g/mol. The molecule has 168 valence electrons. The molecule has 3 heterocycles. The molecule has 2 aromatic heterocycles. The number of fused-ring (bicyclic) bond motifs is 1. The molecule has 0 spiro atoms. The standard InChI is InChI=1S/C23H16ClF3N4O2/c24-19-11-17(7-8-18(19)20-29-22(32)33-30-20)31-9-1-2-14-10-15(12-28-21(14)31)13-3-5-16(6-4-13)23(25,26)27/h3-8,10-12H,1-2,9H2,(H,29,30,32). The van der Waals surface area contributed by atoms with Crippen LogP contribution in [0.15, 0.2) is 64.0 Å². The lowest BCUT2D eigenvalue weighted by atomic mass is 9.99. The number of anilines is 2.